The van der Waals surface area contributed by atoms with Gasteiger partial charge in [-0.25, -0.2) is 4.98 Å². The first kappa shape index (κ1) is 32.3. The summed E-state index contributed by atoms with van der Waals surface area (Å²) < 4.78 is 12.5. The molecule has 1 aliphatic carbocycles. The number of thioether (sulfide) groups is 1. The van der Waals surface area contributed by atoms with Crippen molar-refractivity contribution in [1.29, 1.82) is 0 Å². The summed E-state index contributed by atoms with van der Waals surface area (Å²) in [7, 11) is 0. The van der Waals surface area contributed by atoms with E-state index in [1.807, 2.05) is 18.2 Å². The fourth-order valence-corrected chi connectivity index (χ4v) is 8.29. The number of nitrogens with zero attached hydrogens (tertiary/aromatic N) is 1. The number of aryl methyl sites for hydroxylation is 1. The second kappa shape index (κ2) is 14.4. The van der Waals surface area contributed by atoms with E-state index in [1.54, 1.807) is 0 Å². The van der Waals surface area contributed by atoms with Crippen LogP contribution in [-0.4, -0.2) is 23.6 Å². The van der Waals surface area contributed by atoms with Crippen molar-refractivity contribution in [3.8, 4) is 0 Å². The minimum atomic E-state index is -0.408. The van der Waals surface area contributed by atoms with Crippen LogP contribution in [0.3, 0.4) is 0 Å². The van der Waals surface area contributed by atoms with E-state index in [0.29, 0.717) is 15.7 Å². The van der Waals surface area contributed by atoms with Crippen molar-refractivity contribution in [3.05, 3.63) is 112 Å². The van der Waals surface area contributed by atoms with Crippen LogP contribution < -0.4 is 0 Å². The lowest BCUT2D eigenvalue weighted by molar-refractivity contribution is -0.219. The average Bonchev–Trinajstić information content (AvgIpc) is 3.84. The first-order chi connectivity index (χ1) is 21.8. The molecule has 0 N–H and O–H groups in total. The van der Waals surface area contributed by atoms with Gasteiger partial charge in [-0.3, -0.25) is 0 Å². The number of ether oxygens (including phenoxy) is 2. The molecule has 1 saturated carbocycles. The molecule has 2 atom stereocenters. The van der Waals surface area contributed by atoms with Gasteiger partial charge in [0.1, 0.15) is 0 Å². The molecule has 1 saturated heterocycles. The van der Waals surface area contributed by atoms with Crippen LogP contribution in [0.5, 0.6) is 0 Å². The van der Waals surface area contributed by atoms with Crippen molar-refractivity contribution in [2.24, 2.45) is 5.41 Å². The Kier molecular flexibility index (Phi) is 10.4. The third-order valence-corrected chi connectivity index (χ3v) is 11.5. The largest absolute Gasteiger partial charge is 0.353 e. The van der Waals surface area contributed by atoms with Crippen molar-refractivity contribution in [2.45, 2.75) is 89.3 Å². The number of hydrogen-bond acceptors (Lipinski definition) is 4. The zero-order valence-electron chi connectivity index (χ0n) is 26.9. The number of hydrogen-bond donors (Lipinski definition) is 0. The van der Waals surface area contributed by atoms with Crippen LogP contribution in [0.1, 0.15) is 98.9 Å². The van der Waals surface area contributed by atoms with E-state index in [0.717, 1.165) is 48.9 Å². The zero-order valence-corrected chi connectivity index (χ0v) is 28.5. The molecule has 2 heterocycles. The fourth-order valence-electron chi connectivity index (χ4n) is 6.45. The second-order valence-electron chi connectivity index (χ2n) is 13.3. The molecular weight excluding hydrogens is 594 g/mol. The SMILES string of the molecule is CCC1(CS[C@H](CCc2ccccc2C(C)(C)OC2CCCCO2)c2cccc(/C=C/c3ccc4ccc(Cl)cc4n3)c2)CC1. The predicted octanol–water partition coefficient (Wildman–Crippen LogP) is 11.4. The van der Waals surface area contributed by atoms with Gasteiger partial charge in [-0.05, 0) is 123 Å². The Bertz CT molecular complexity index is 1620. The maximum Gasteiger partial charge on any atom is 0.158 e. The minimum absolute atomic E-state index is 0.118. The average molecular weight is 640 g/mol. The number of benzene rings is 3. The van der Waals surface area contributed by atoms with Gasteiger partial charge in [0.15, 0.2) is 6.29 Å². The molecular formula is C40H46ClNO2S. The van der Waals surface area contributed by atoms with Crippen LogP contribution >= 0.6 is 23.4 Å². The Morgan fingerprint density at radius 1 is 1.02 bits per heavy atom. The van der Waals surface area contributed by atoms with E-state index >= 15 is 0 Å². The van der Waals surface area contributed by atoms with Gasteiger partial charge >= 0.3 is 0 Å². The second-order valence-corrected chi connectivity index (χ2v) is 15.0. The highest BCUT2D eigenvalue weighted by molar-refractivity contribution is 7.99. The number of fused-ring (bicyclic) bond motifs is 1. The van der Waals surface area contributed by atoms with Crippen LogP contribution in [-0.2, 0) is 21.5 Å². The van der Waals surface area contributed by atoms with Gasteiger partial charge in [0, 0.05) is 22.3 Å². The lowest BCUT2D eigenvalue weighted by atomic mass is 9.89. The minimum Gasteiger partial charge on any atom is -0.353 e. The Morgan fingerprint density at radius 2 is 1.87 bits per heavy atom. The smallest absolute Gasteiger partial charge is 0.158 e. The molecule has 1 aliphatic heterocycles. The van der Waals surface area contributed by atoms with E-state index in [-0.39, 0.29) is 6.29 Å². The third-order valence-electron chi connectivity index (χ3n) is 9.61. The predicted molar refractivity (Wildman–Crippen MR) is 192 cm³/mol. The standard InChI is InChI=1S/C40H46ClNO2S/c1-4-40(23-24-40)28-45-37(22-18-30-11-5-6-13-35(30)39(2,3)44-38-14-7-8-25-43-38)32-12-9-10-29(26-32)15-20-34-21-17-31-16-19-33(41)27-36(31)42-34/h5-6,9-13,15-17,19-21,26-27,37-38H,4,7-8,14,18,22-25,28H2,1-3H3/b20-15+/t37-,38?/m1/s1. The summed E-state index contributed by atoms with van der Waals surface area (Å²) in [4.78, 5) is 4.82. The molecule has 0 spiro atoms. The maximum absolute atomic E-state index is 6.57. The molecule has 1 aromatic heterocycles. The van der Waals surface area contributed by atoms with Gasteiger partial charge in [0.25, 0.3) is 0 Å². The Labute approximate surface area is 278 Å². The Balaban J connectivity index is 1.20. The molecule has 1 unspecified atom stereocenters. The highest BCUT2D eigenvalue weighted by Gasteiger charge is 2.41. The number of aromatic nitrogens is 1. The monoisotopic (exact) mass is 639 g/mol. The third kappa shape index (κ3) is 8.40. The molecule has 3 nitrogen and oxygen atoms in total. The summed E-state index contributed by atoms with van der Waals surface area (Å²) in [6, 6.07) is 28.0. The topological polar surface area (TPSA) is 31.4 Å². The zero-order chi connectivity index (χ0) is 31.3. The van der Waals surface area contributed by atoms with Gasteiger partial charge in [-0.15, -0.1) is 0 Å². The summed E-state index contributed by atoms with van der Waals surface area (Å²) in [5.41, 5.74) is 7.23. The molecule has 2 fully saturated rings. The van der Waals surface area contributed by atoms with Crippen molar-refractivity contribution < 1.29 is 9.47 Å². The summed E-state index contributed by atoms with van der Waals surface area (Å²) in [5.74, 6) is 1.23. The number of rotatable bonds is 13. The maximum atomic E-state index is 6.57. The molecule has 3 aromatic carbocycles. The van der Waals surface area contributed by atoms with E-state index in [2.05, 4.69) is 105 Å². The van der Waals surface area contributed by atoms with E-state index in [4.69, 9.17) is 26.1 Å². The van der Waals surface area contributed by atoms with Crippen molar-refractivity contribution in [3.63, 3.8) is 0 Å². The normalized spacial score (nSPS) is 18.8. The quantitative estimate of drug-likeness (QED) is 0.146. The van der Waals surface area contributed by atoms with Crippen LogP contribution in [0.15, 0.2) is 78.9 Å². The van der Waals surface area contributed by atoms with E-state index in [9.17, 15) is 0 Å². The fraction of sp³-hybridized carbons (Fsp3) is 0.425. The van der Waals surface area contributed by atoms with Crippen LogP contribution in [0.2, 0.25) is 5.02 Å². The molecule has 45 heavy (non-hydrogen) atoms. The highest BCUT2D eigenvalue weighted by atomic mass is 35.5. The Morgan fingerprint density at radius 3 is 2.67 bits per heavy atom. The van der Waals surface area contributed by atoms with Crippen molar-refractivity contribution in [2.75, 3.05) is 12.4 Å². The number of halogens is 1. The summed E-state index contributed by atoms with van der Waals surface area (Å²) in [6.07, 6.45) is 13.5. The molecule has 4 aromatic rings. The highest BCUT2D eigenvalue weighted by Crippen LogP contribution is 2.53. The molecule has 0 amide bonds. The van der Waals surface area contributed by atoms with Gasteiger partial charge in [0.05, 0.1) is 16.8 Å². The molecule has 0 bridgehead atoms. The van der Waals surface area contributed by atoms with E-state index in [1.165, 1.54) is 53.7 Å². The lowest BCUT2D eigenvalue weighted by Crippen LogP contribution is -2.33. The molecule has 2 aliphatic rings. The molecule has 6 rings (SSSR count). The van der Waals surface area contributed by atoms with Crippen LogP contribution in [0, 0.1) is 5.41 Å². The molecule has 0 radical (unpaired) electrons. The number of pyridine rings is 1. The van der Waals surface area contributed by atoms with Gasteiger partial charge in [0.2, 0.25) is 0 Å². The van der Waals surface area contributed by atoms with Crippen molar-refractivity contribution in [1.82, 2.24) is 4.98 Å². The lowest BCUT2D eigenvalue weighted by Gasteiger charge is -2.34. The first-order valence-electron chi connectivity index (χ1n) is 16.7. The summed E-state index contributed by atoms with van der Waals surface area (Å²) in [6.45, 7) is 7.55. The Hall–Kier alpha value is -2.63. The van der Waals surface area contributed by atoms with Gasteiger partial charge in [-0.1, -0.05) is 85.3 Å². The van der Waals surface area contributed by atoms with Gasteiger partial charge in [-0.2, -0.15) is 11.8 Å². The van der Waals surface area contributed by atoms with Crippen LogP contribution in [0.25, 0.3) is 23.1 Å². The van der Waals surface area contributed by atoms with Crippen LogP contribution in [0.4, 0.5) is 0 Å². The van der Waals surface area contributed by atoms with Gasteiger partial charge < -0.3 is 9.47 Å². The summed E-state index contributed by atoms with van der Waals surface area (Å²) >= 11 is 8.38. The molecule has 5 heteroatoms. The van der Waals surface area contributed by atoms with E-state index < -0.39 is 5.60 Å². The molecule has 236 valence electrons. The van der Waals surface area contributed by atoms with Crippen molar-refractivity contribution >= 4 is 46.4 Å². The summed E-state index contributed by atoms with van der Waals surface area (Å²) in [5, 5.41) is 2.22. The first-order valence-corrected chi connectivity index (χ1v) is 18.1.